The van der Waals surface area contributed by atoms with Gasteiger partial charge in [0, 0.05) is 11.1 Å². The lowest BCUT2D eigenvalue weighted by molar-refractivity contribution is 0.417. The van der Waals surface area contributed by atoms with E-state index in [0.717, 1.165) is 28.1 Å². The molecule has 0 aliphatic carbocycles. The summed E-state index contributed by atoms with van der Waals surface area (Å²) in [5, 5.41) is 9.32. The molecule has 3 aromatic rings. The van der Waals surface area contributed by atoms with E-state index in [1.807, 2.05) is 49.4 Å². The molecular formula is C19H18N2OS. The molecule has 0 aromatic heterocycles. The molecule has 0 aliphatic rings. The van der Waals surface area contributed by atoms with Crippen molar-refractivity contribution in [2.45, 2.75) is 6.92 Å². The predicted octanol–water partition coefficient (Wildman–Crippen LogP) is 4.97. The number of rotatable bonds is 3. The third kappa shape index (κ3) is 3.43. The lowest BCUT2D eigenvalue weighted by Crippen LogP contribution is -2.19. The van der Waals surface area contributed by atoms with E-state index < -0.39 is 0 Å². The quantitative estimate of drug-likeness (QED) is 0.667. The fraction of sp³-hybridized carbons (Fsp3) is 0.105. The largest absolute Gasteiger partial charge is 0.495 e. The fourth-order valence-electron chi connectivity index (χ4n) is 2.53. The van der Waals surface area contributed by atoms with Gasteiger partial charge in [0.1, 0.15) is 5.75 Å². The zero-order chi connectivity index (χ0) is 16.2. The van der Waals surface area contributed by atoms with Crippen molar-refractivity contribution in [2.24, 2.45) is 0 Å². The van der Waals surface area contributed by atoms with Gasteiger partial charge >= 0.3 is 0 Å². The van der Waals surface area contributed by atoms with Gasteiger partial charge in [-0.3, -0.25) is 0 Å². The molecule has 0 heterocycles. The third-order valence-corrected chi connectivity index (χ3v) is 3.85. The fourth-order valence-corrected chi connectivity index (χ4v) is 2.75. The monoisotopic (exact) mass is 322 g/mol. The van der Waals surface area contributed by atoms with Gasteiger partial charge in [0.15, 0.2) is 5.11 Å². The number of thiocarbonyl (C=S) groups is 1. The van der Waals surface area contributed by atoms with E-state index in [1.54, 1.807) is 7.11 Å². The Morgan fingerprint density at radius 3 is 2.48 bits per heavy atom. The molecule has 0 amide bonds. The SMILES string of the molecule is COc1ccc(C)cc1NC(=S)Nc1cccc2ccccc12. The van der Waals surface area contributed by atoms with Crippen LogP contribution in [0.2, 0.25) is 0 Å². The molecule has 23 heavy (non-hydrogen) atoms. The number of methoxy groups -OCH3 is 1. The van der Waals surface area contributed by atoms with Gasteiger partial charge in [-0.15, -0.1) is 0 Å². The van der Waals surface area contributed by atoms with Gasteiger partial charge in [0.25, 0.3) is 0 Å². The number of benzene rings is 3. The van der Waals surface area contributed by atoms with Crippen LogP contribution in [0, 0.1) is 6.92 Å². The molecule has 0 unspecified atom stereocenters. The molecule has 2 N–H and O–H groups in total. The first-order chi connectivity index (χ1) is 11.2. The second-order valence-electron chi connectivity index (χ2n) is 5.31. The van der Waals surface area contributed by atoms with Crippen LogP contribution in [0.4, 0.5) is 11.4 Å². The maximum absolute atomic E-state index is 5.45. The van der Waals surface area contributed by atoms with Crippen LogP contribution in [0.5, 0.6) is 5.75 Å². The van der Waals surface area contributed by atoms with Gasteiger partial charge in [-0.2, -0.15) is 0 Å². The Hall–Kier alpha value is -2.59. The number of ether oxygens (including phenoxy) is 1. The van der Waals surface area contributed by atoms with E-state index in [-0.39, 0.29) is 0 Å². The highest BCUT2D eigenvalue weighted by molar-refractivity contribution is 7.80. The molecule has 0 fully saturated rings. The molecule has 0 spiro atoms. The topological polar surface area (TPSA) is 33.3 Å². The second-order valence-corrected chi connectivity index (χ2v) is 5.72. The predicted molar refractivity (Wildman–Crippen MR) is 102 cm³/mol. The summed E-state index contributed by atoms with van der Waals surface area (Å²) in [5.41, 5.74) is 2.97. The van der Waals surface area contributed by atoms with Crippen molar-refractivity contribution in [3.05, 3.63) is 66.2 Å². The number of anilines is 2. The maximum atomic E-state index is 5.45. The highest BCUT2D eigenvalue weighted by atomic mass is 32.1. The first-order valence-electron chi connectivity index (χ1n) is 7.38. The lowest BCUT2D eigenvalue weighted by Gasteiger charge is -2.15. The maximum Gasteiger partial charge on any atom is 0.175 e. The van der Waals surface area contributed by atoms with Crippen molar-refractivity contribution in [3.63, 3.8) is 0 Å². The molecule has 0 saturated carbocycles. The number of aryl methyl sites for hydroxylation is 1. The van der Waals surface area contributed by atoms with Gasteiger partial charge < -0.3 is 15.4 Å². The summed E-state index contributed by atoms with van der Waals surface area (Å²) in [5.74, 6) is 0.762. The summed E-state index contributed by atoms with van der Waals surface area (Å²) >= 11 is 5.45. The summed E-state index contributed by atoms with van der Waals surface area (Å²) in [6.45, 7) is 2.03. The molecule has 4 heteroatoms. The lowest BCUT2D eigenvalue weighted by atomic mass is 10.1. The molecule has 0 bridgehead atoms. The minimum Gasteiger partial charge on any atom is -0.495 e. The van der Waals surface area contributed by atoms with Crippen LogP contribution in [0.15, 0.2) is 60.7 Å². The number of hydrogen-bond donors (Lipinski definition) is 2. The smallest absolute Gasteiger partial charge is 0.175 e. The van der Waals surface area contributed by atoms with Crippen LogP contribution >= 0.6 is 12.2 Å². The highest BCUT2D eigenvalue weighted by Gasteiger charge is 2.07. The summed E-state index contributed by atoms with van der Waals surface area (Å²) in [6.07, 6.45) is 0. The normalized spacial score (nSPS) is 10.3. The van der Waals surface area contributed by atoms with E-state index >= 15 is 0 Å². The van der Waals surface area contributed by atoms with E-state index in [1.165, 1.54) is 5.39 Å². The van der Waals surface area contributed by atoms with E-state index in [0.29, 0.717) is 5.11 Å². The molecule has 3 nitrogen and oxygen atoms in total. The van der Waals surface area contributed by atoms with Crippen molar-refractivity contribution < 1.29 is 4.74 Å². The van der Waals surface area contributed by atoms with Crippen LogP contribution in [-0.2, 0) is 0 Å². The summed E-state index contributed by atoms with van der Waals surface area (Å²) in [6, 6.07) is 20.3. The zero-order valence-electron chi connectivity index (χ0n) is 13.1. The van der Waals surface area contributed by atoms with Gasteiger partial charge in [-0.05, 0) is 48.3 Å². The minimum absolute atomic E-state index is 0.533. The minimum atomic E-state index is 0.533. The van der Waals surface area contributed by atoms with E-state index in [2.05, 4.69) is 28.8 Å². The molecule has 0 aliphatic heterocycles. The van der Waals surface area contributed by atoms with Crippen molar-refractivity contribution in [1.29, 1.82) is 0 Å². The number of fused-ring (bicyclic) bond motifs is 1. The molecule has 3 aromatic carbocycles. The van der Waals surface area contributed by atoms with Gasteiger partial charge in [0.05, 0.1) is 12.8 Å². The Kier molecular flexibility index (Phi) is 4.44. The van der Waals surface area contributed by atoms with Crippen LogP contribution in [0.3, 0.4) is 0 Å². The molecule has 0 atom stereocenters. The van der Waals surface area contributed by atoms with Crippen molar-refractivity contribution >= 4 is 39.5 Å². The summed E-state index contributed by atoms with van der Waals surface area (Å²) < 4.78 is 5.37. The van der Waals surface area contributed by atoms with Crippen molar-refractivity contribution in [1.82, 2.24) is 0 Å². The molecule has 116 valence electrons. The number of nitrogens with one attached hydrogen (secondary N) is 2. The third-order valence-electron chi connectivity index (χ3n) is 3.64. The van der Waals surface area contributed by atoms with Crippen LogP contribution in [0.25, 0.3) is 10.8 Å². The van der Waals surface area contributed by atoms with Crippen molar-refractivity contribution in [3.8, 4) is 5.75 Å². The highest BCUT2D eigenvalue weighted by Crippen LogP contribution is 2.26. The average molecular weight is 322 g/mol. The Morgan fingerprint density at radius 2 is 1.65 bits per heavy atom. The van der Waals surface area contributed by atoms with Gasteiger partial charge in [0.2, 0.25) is 0 Å². The summed E-state index contributed by atoms with van der Waals surface area (Å²) in [4.78, 5) is 0. The Balaban J connectivity index is 1.83. The second kappa shape index (κ2) is 6.67. The van der Waals surface area contributed by atoms with Crippen LogP contribution < -0.4 is 15.4 Å². The van der Waals surface area contributed by atoms with Crippen LogP contribution in [0.1, 0.15) is 5.56 Å². The first kappa shape index (κ1) is 15.3. The average Bonchev–Trinajstić information content (AvgIpc) is 2.55. The van der Waals surface area contributed by atoms with Crippen LogP contribution in [-0.4, -0.2) is 12.2 Å². The Bertz CT molecular complexity index is 856. The van der Waals surface area contributed by atoms with Gasteiger partial charge in [-0.25, -0.2) is 0 Å². The zero-order valence-corrected chi connectivity index (χ0v) is 13.9. The van der Waals surface area contributed by atoms with E-state index in [9.17, 15) is 0 Å². The standard InChI is InChI=1S/C19H18N2OS/c1-13-10-11-18(22-2)17(12-13)21-19(23)20-16-9-5-7-14-6-3-4-8-15(14)16/h3-12H,1-2H3,(H2,20,21,23). The van der Waals surface area contributed by atoms with Gasteiger partial charge in [-0.1, -0.05) is 42.5 Å². The molecule has 0 saturated heterocycles. The number of hydrogen-bond acceptors (Lipinski definition) is 2. The Morgan fingerprint density at radius 1 is 0.913 bits per heavy atom. The summed E-state index contributed by atoms with van der Waals surface area (Å²) in [7, 11) is 1.65. The molecule has 0 radical (unpaired) electrons. The molecule has 3 rings (SSSR count). The van der Waals surface area contributed by atoms with Crippen molar-refractivity contribution in [2.75, 3.05) is 17.7 Å². The first-order valence-corrected chi connectivity index (χ1v) is 7.78. The van der Waals surface area contributed by atoms with E-state index in [4.69, 9.17) is 17.0 Å². The Labute approximate surface area is 141 Å². The molecular weight excluding hydrogens is 304 g/mol.